The van der Waals surface area contributed by atoms with E-state index >= 15 is 0 Å². The zero-order valence-electron chi connectivity index (χ0n) is 10.9. The normalized spacial score (nSPS) is 18.7. The molecule has 1 aliphatic rings. The van der Waals surface area contributed by atoms with Crippen molar-refractivity contribution in [3.05, 3.63) is 29.8 Å². The molecule has 2 rings (SSSR count). The summed E-state index contributed by atoms with van der Waals surface area (Å²) in [5.41, 5.74) is 1.32. The Hall–Kier alpha value is -1.62. The molecule has 1 fully saturated rings. The molecule has 1 aliphatic heterocycles. The van der Waals surface area contributed by atoms with E-state index in [4.69, 9.17) is 0 Å². The molecule has 0 aliphatic carbocycles. The molecule has 0 bridgehead atoms. The van der Waals surface area contributed by atoms with Gasteiger partial charge in [-0.3, -0.25) is 14.4 Å². The van der Waals surface area contributed by atoms with E-state index in [-0.39, 0.29) is 22.1 Å². The van der Waals surface area contributed by atoms with Crippen molar-refractivity contribution in [1.29, 1.82) is 0 Å². The second-order valence-electron chi connectivity index (χ2n) is 4.55. The van der Waals surface area contributed by atoms with Crippen molar-refractivity contribution >= 4 is 34.3 Å². The monoisotopic (exact) mass is 277 g/mol. The summed E-state index contributed by atoms with van der Waals surface area (Å²) in [7, 11) is 0. The second kappa shape index (κ2) is 5.57. The number of thioether (sulfide) groups is 1. The van der Waals surface area contributed by atoms with Crippen LogP contribution in [-0.2, 0) is 9.59 Å². The number of anilines is 1. The summed E-state index contributed by atoms with van der Waals surface area (Å²) in [6, 6.07) is 7.03. The van der Waals surface area contributed by atoms with Crippen LogP contribution in [-0.4, -0.2) is 28.6 Å². The standard InChI is InChI=1S/C14H15NO3S/c1-9(16)11-4-3-5-12(6-11)15-8-13(7-14(15)18)19-10(2)17/h3-6,13H,7-8H2,1-2H3. The van der Waals surface area contributed by atoms with E-state index in [1.165, 1.54) is 25.6 Å². The zero-order valence-corrected chi connectivity index (χ0v) is 11.7. The third-order valence-electron chi connectivity index (χ3n) is 2.99. The summed E-state index contributed by atoms with van der Waals surface area (Å²) in [5.74, 6) is -0.0254. The number of carbonyl (C=O) groups excluding carboxylic acids is 3. The Balaban J connectivity index is 2.18. The van der Waals surface area contributed by atoms with Gasteiger partial charge in [-0.25, -0.2) is 0 Å². The number of amides is 1. The average molecular weight is 277 g/mol. The van der Waals surface area contributed by atoms with Gasteiger partial charge in [-0.05, 0) is 19.1 Å². The first kappa shape index (κ1) is 13.8. The Morgan fingerprint density at radius 2 is 2.05 bits per heavy atom. The molecule has 1 aromatic rings. The molecular weight excluding hydrogens is 262 g/mol. The lowest BCUT2D eigenvalue weighted by Crippen LogP contribution is -2.25. The number of Topliss-reactive ketones (excluding diaryl/α,β-unsaturated/α-hetero) is 1. The number of benzene rings is 1. The molecule has 19 heavy (non-hydrogen) atoms. The van der Waals surface area contributed by atoms with Crippen molar-refractivity contribution in [3.63, 3.8) is 0 Å². The van der Waals surface area contributed by atoms with Crippen LogP contribution >= 0.6 is 11.8 Å². The van der Waals surface area contributed by atoms with E-state index in [0.29, 0.717) is 18.5 Å². The maximum atomic E-state index is 12.0. The maximum Gasteiger partial charge on any atom is 0.228 e. The van der Waals surface area contributed by atoms with Crippen LogP contribution < -0.4 is 4.90 Å². The van der Waals surface area contributed by atoms with Crippen LogP contribution in [0.2, 0.25) is 0 Å². The van der Waals surface area contributed by atoms with Gasteiger partial charge in [0.25, 0.3) is 0 Å². The van der Waals surface area contributed by atoms with Gasteiger partial charge >= 0.3 is 0 Å². The first-order chi connectivity index (χ1) is 8.97. The fraction of sp³-hybridized carbons (Fsp3) is 0.357. The largest absolute Gasteiger partial charge is 0.311 e. The van der Waals surface area contributed by atoms with Gasteiger partial charge in [-0.15, -0.1) is 0 Å². The first-order valence-corrected chi connectivity index (χ1v) is 6.94. The van der Waals surface area contributed by atoms with Crippen LogP contribution in [0.3, 0.4) is 0 Å². The summed E-state index contributed by atoms with van der Waals surface area (Å²) in [6.07, 6.45) is 0.370. The highest BCUT2D eigenvalue weighted by Gasteiger charge is 2.31. The number of hydrogen-bond donors (Lipinski definition) is 0. The van der Waals surface area contributed by atoms with Crippen molar-refractivity contribution in [1.82, 2.24) is 0 Å². The lowest BCUT2D eigenvalue weighted by Gasteiger charge is -2.17. The summed E-state index contributed by atoms with van der Waals surface area (Å²) >= 11 is 1.21. The lowest BCUT2D eigenvalue weighted by molar-refractivity contribution is -0.117. The molecule has 1 saturated heterocycles. The van der Waals surface area contributed by atoms with E-state index in [0.717, 1.165) is 5.69 Å². The first-order valence-electron chi connectivity index (χ1n) is 6.06. The minimum atomic E-state index is -0.0249. The van der Waals surface area contributed by atoms with Gasteiger partial charge in [0.1, 0.15) is 0 Å². The Kier molecular flexibility index (Phi) is 4.04. The minimum absolute atomic E-state index is 0.000507. The lowest BCUT2D eigenvalue weighted by atomic mass is 10.1. The summed E-state index contributed by atoms with van der Waals surface area (Å²) in [5, 5.41) is 0.0307. The van der Waals surface area contributed by atoms with Crippen LogP contribution in [0, 0.1) is 0 Å². The summed E-state index contributed by atoms with van der Waals surface area (Å²) in [6.45, 7) is 3.53. The third kappa shape index (κ3) is 3.23. The van der Waals surface area contributed by atoms with Crippen LogP contribution in [0.1, 0.15) is 30.6 Å². The van der Waals surface area contributed by atoms with Crippen molar-refractivity contribution in [2.75, 3.05) is 11.4 Å². The number of carbonyl (C=O) groups is 3. The molecule has 5 heteroatoms. The average Bonchev–Trinajstić information content (AvgIpc) is 2.69. The molecule has 1 atom stereocenters. The van der Waals surface area contributed by atoms with Crippen LogP contribution in [0.15, 0.2) is 24.3 Å². The number of ketones is 1. The Morgan fingerprint density at radius 3 is 2.68 bits per heavy atom. The summed E-state index contributed by atoms with van der Waals surface area (Å²) in [4.78, 5) is 36.0. The van der Waals surface area contributed by atoms with Gasteiger partial charge in [0, 0.05) is 36.4 Å². The van der Waals surface area contributed by atoms with Gasteiger partial charge in [0.05, 0.1) is 0 Å². The molecular formula is C14H15NO3S. The van der Waals surface area contributed by atoms with Crippen LogP contribution in [0.4, 0.5) is 5.69 Å². The molecule has 0 spiro atoms. The van der Waals surface area contributed by atoms with Gasteiger partial charge in [0.2, 0.25) is 5.91 Å². The quantitative estimate of drug-likeness (QED) is 0.795. The van der Waals surface area contributed by atoms with Crippen molar-refractivity contribution in [3.8, 4) is 0 Å². The Bertz CT molecular complexity index is 541. The molecule has 0 aromatic heterocycles. The Morgan fingerprint density at radius 1 is 1.32 bits per heavy atom. The van der Waals surface area contributed by atoms with Crippen molar-refractivity contribution in [2.24, 2.45) is 0 Å². The van der Waals surface area contributed by atoms with Crippen LogP contribution in [0.5, 0.6) is 0 Å². The molecule has 0 N–H and O–H groups in total. The second-order valence-corrected chi connectivity index (χ2v) is 6.02. The topological polar surface area (TPSA) is 54.5 Å². The van der Waals surface area contributed by atoms with Crippen LogP contribution in [0.25, 0.3) is 0 Å². The highest BCUT2D eigenvalue weighted by molar-refractivity contribution is 8.14. The maximum absolute atomic E-state index is 12.0. The van der Waals surface area contributed by atoms with E-state index in [1.54, 1.807) is 23.1 Å². The zero-order chi connectivity index (χ0) is 14.0. The van der Waals surface area contributed by atoms with E-state index in [2.05, 4.69) is 0 Å². The smallest absolute Gasteiger partial charge is 0.228 e. The predicted octanol–water partition coefficient (Wildman–Crippen LogP) is 2.27. The molecule has 100 valence electrons. The minimum Gasteiger partial charge on any atom is -0.311 e. The Labute approximate surface area is 116 Å². The fourth-order valence-electron chi connectivity index (χ4n) is 2.13. The molecule has 1 aromatic carbocycles. The van der Waals surface area contributed by atoms with Gasteiger partial charge in [0.15, 0.2) is 10.9 Å². The summed E-state index contributed by atoms with van der Waals surface area (Å²) < 4.78 is 0. The number of hydrogen-bond acceptors (Lipinski definition) is 4. The fourth-order valence-corrected chi connectivity index (χ4v) is 3.05. The highest BCUT2D eigenvalue weighted by atomic mass is 32.2. The van der Waals surface area contributed by atoms with Gasteiger partial charge < -0.3 is 4.90 Å². The van der Waals surface area contributed by atoms with E-state index < -0.39 is 0 Å². The van der Waals surface area contributed by atoms with Crippen molar-refractivity contribution < 1.29 is 14.4 Å². The number of rotatable bonds is 3. The van der Waals surface area contributed by atoms with E-state index in [9.17, 15) is 14.4 Å². The predicted molar refractivity (Wildman–Crippen MR) is 75.5 cm³/mol. The number of nitrogens with zero attached hydrogens (tertiary/aromatic N) is 1. The molecule has 0 radical (unpaired) electrons. The molecule has 0 saturated carbocycles. The SMILES string of the molecule is CC(=O)SC1CC(=O)N(c2cccc(C(C)=O)c2)C1. The molecule has 1 amide bonds. The molecule has 1 unspecified atom stereocenters. The van der Waals surface area contributed by atoms with Crippen molar-refractivity contribution in [2.45, 2.75) is 25.5 Å². The molecule has 4 nitrogen and oxygen atoms in total. The van der Waals surface area contributed by atoms with E-state index in [1.807, 2.05) is 6.07 Å². The highest BCUT2D eigenvalue weighted by Crippen LogP contribution is 2.29. The third-order valence-corrected chi connectivity index (χ3v) is 3.97. The van der Waals surface area contributed by atoms with Gasteiger partial charge in [-0.2, -0.15) is 0 Å². The molecule has 1 heterocycles. The van der Waals surface area contributed by atoms with Gasteiger partial charge in [-0.1, -0.05) is 23.9 Å².